The Labute approximate surface area is 164 Å². The molecule has 0 radical (unpaired) electrons. The Balaban J connectivity index is 1.62. The van der Waals surface area contributed by atoms with Gasteiger partial charge in [-0.15, -0.1) is 5.10 Å². The van der Waals surface area contributed by atoms with E-state index in [9.17, 15) is 9.59 Å². The molecule has 4 aromatic rings. The van der Waals surface area contributed by atoms with Crippen LogP contribution in [0.1, 0.15) is 24.4 Å². The van der Waals surface area contributed by atoms with E-state index in [0.29, 0.717) is 10.9 Å². The van der Waals surface area contributed by atoms with E-state index in [-0.39, 0.29) is 11.5 Å². The highest BCUT2D eigenvalue weighted by atomic mass is 32.1. The lowest BCUT2D eigenvalue weighted by Gasteiger charge is -2.14. The maximum absolute atomic E-state index is 12.7. The van der Waals surface area contributed by atoms with Gasteiger partial charge >= 0.3 is 0 Å². The average molecular weight is 394 g/mol. The minimum absolute atomic E-state index is 0.362. The van der Waals surface area contributed by atoms with Gasteiger partial charge in [-0.05, 0) is 45.0 Å². The van der Waals surface area contributed by atoms with E-state index in [1.807, 2.05) is 44.2 Å². The van der Waals surface area contributed by atoms with Gasteiger partial charge in [0.25, 0.3) is 11.5 Å². The van der Waals surface area contributed by atoms with Crippen LogP contribution in [0.3, 0.4) is 0 Å². The molecule has 0 aliphatic carbocycles. The maximum Gasteiger partial charge on any atom is 0.267 e. The fraction of sp³-hybridized carbons (Fsp3) is 0.211. The van der Waals surface area contributed by atoms with Crippen molar-refractivity contribution in [2.24, 2.45) is 0 Å². The molecule has 9 heteroatoms. The van der Waals surface area contributed by atoms with Gasteiger partial charge in [-0.1, -0.05) is 23.5 Å². The monoisotopic (exact) mass is 394 g/mol. The number of para-hydroxylation sites is 1. The van der Waals surface area contributed by atoms with Crippen LogP contribution in [0.15, 0.2) is 47.3 Å². The summed E-state index contributed by atoms with van der Waals surface area (Å²) >= 11 is 1.38. The molecule has 4 rings (SSSR count). The number of hydrogen-bond acceptors (Lipinski definition) is 6. The molecule has 3 heterocycles. The quantitative estimate of drug-likeness (QED) is 0.574. The van der Waals surface area contributed by atoms with E-state index in [2.05, 4.69) is 20.5 Å². The molecule has 0 fully saturated rings. The van der Waals surface area contributed by atoms with Crippen molar-refractivity contribution in [2.45, 2.75) is 26.8 Å². The largest absolute Gasteiger partial charge is 0.300 e. The Hall–Kier alpha value is -3.33. The van der Waals surface area contributed by atoms with Crippen molar-refractivity contribution in [3.8, 4) is 5.82 Å². The van der Waals surface area contributed by atoms with E-state index < -0.39 is 6.04 Å². The molecule has 1 unspecified atom stereocenters. The second kappa shape index (κ2) is 7.01. The van der Waals surface area contributed by atoms with Crippen LogP contribution < -0.4 is 10.9 Å². The second-order valence-electron chi connectivity index (χ2n) is 6.47. The van der Waals surface area contributed by atoms with Gasteiger partial charge < -0.3 is 5.32 Å². The molecule has 0 aliphatic rings. The van der Waals surface area contributed by atoms with Crippen LogP contribution in [0.2, 0.25) is 0 Å². The average Bonchev–Trinajstić information content (AvgIpc) is 3.23. The van der Waals surface area contributed by atoms with E-state index in [0.717, 1.165) is 26.3 Å². The number of hydrogen-bond donors (Lipinski definition) is 1. The van der Waals surface area contributed by atoms with Crippen LogP contribution in [-0.2, 0) is 4.79 Å². The van der Waals surface area contributed by atoms with Gasteiger partial charge in [0.1, 0.15) is 6.04 Å². The minimum Gasteiger partial charge on any atom is -0.300 e. The molecule has 0 saturated heterocycles. The van der Waals surface area contributed by atoms with Crippen LogP contribution in [0.5, 0.6) is 0 Å². The number of benzene rings is 1. The second-order valence-corrected chi connectivity index (χ2v) is 7.50. The summed E-state index contributed by atoms with van der Waals surface area (Å²) in [7, 11) is 0. The third-order valence-corrected chi connectivity index (χ3v) is 5.26. The summed E-state index contributed by atoms with van der Waals surface area (Å²) in [6.45, 7) is 5.41. The summed E-state index contributed by atoms with van der Waals surface area (Å²) in [4.78, 5) is 29.4. The highest BCUT2D eigenvalue weighted by Crippen LogP contribution is 2.25. The number of fused-ring (bicyclic) bond motifs is 1. The van der Waals surface area contributed by atoms with Gasteiger partial charge in [-0.2, -0.15) is 5.10 Å². The van der Waals surface area contributed by atoms with Crippen LogP contribution in [0, 0.1) is 13.8 Å². The number of anilines is 1. The van der Waals surface area contributed by atoms with Crippen LogP contribution in [-0.4, -0.2) is 30.5 Å². The van der Waals surface area contributed by atoms with Crippen molar-refractivity contribution in [3.05, 3.63) is 64.2 Å². The summed E-state index contributed by atoms with van der Waals surface area (Å²) in [6.07, 6.45) is 0. The number of nitrogens with zero attached hydrogens (tertiary/aromatic N) is 5. The number of thiazole rings is 1. The Kier molecular flexibility index (Phi) is 4.52. The maximum atomic E-state index is 12.7. The van der Waals surface area contributed by atoms with Gasteiger partial charge in [0.05, 0.1) is 15.9 Å². The summed E-state index contributed by atoms with van der Waals surface area (Å²) < 4.78 is 3.78. The highest BCUT2D eigenvalue weighted by molar-refractivity contribution is 7.22. The molecule has 0 saturated carbocycles. The molecule has 1 aromatic carbocycles. The molecule has 1 atom stereocenters. The molecular formula is C19H18N6O2S. The fourth-order valence-electron chi connectivity index (χ4n) is 2.91. The smallest absolute Gasteiger partial charge is 0.267 e. The Morgan fingerprint density at radius 2 is 1.93 bits per heavy atom. The predicted octanol–water partition coefficient (Wildman–Crippen LogP) is 2.86. The molecule has 1 amide bonds. The number of carbonyl (C=O) groups is 1. The number of carbonyl (C=O) groups excluding carboxylic acids is 1. The standard InChI is InChI=1S/C19H18N6O2S/c1-11-10-12(2)24(22-11)16-8-9-17(26)25(23-16)13(3)18(27)21-19-20-14-6-4-5-7-15(14)28-19/h4-10,13H,1-3H3,(H,20,21,27). The Morgan fingerprint density at radius 3 is 2.64 bits per heavy atom. The molecule has 8 nitrogen and oxygen atoms in total. The molecule has 0 aliphatic heterocycles. The number of rotatable bonds is 4. The lowest BCUT2D eigenvalue weighted by Crippen LogP contribution is -2.33. The minimum atomic E-state index is -0.809. The predicted molar refractivity (Wildman–Crippen MR) is 108 cm³/mol. The highest BCUT2D eigenvalue weighted by Gasteiger charge is 2.20. The van der Waals surface area contributed by atoms with Crippen LogP contribution >= 0.6 is 11.3 Å². The Morgan fingerprint density at radius 1 is 1.14 bits per heavy atom. The normalized spacial score (nSPS) is 12.2. The zero-order valence-corrected chi connectivity index (χ0v) is 16.4. The van der Waals surface area contributed by atoms with Crippen molar-refractivity contribution < 1.29 is 4.79 Å². The van der Waals surface area contributed by atoms with Gasteiger partial charge in [-0.25, -0.2) is 14.3 Å². The third kappa shape index (κ3) is 3.31. The summed E-state index contributed by atoms with van der Waals surface area (Å²) in [5.41, 5.74) is 2.19. The third-order valence-electron chi connectivity index (χ3n) is 4.31. The molecule has 28 heavy (non-hydrogen) atoms. The van der Waals surface area contributed by atoms with E-state index in [1.54, 1.807) is 17.7 Å². The summed E-state index contributed by atoms with van der Waals surface area (Å²) in [5.74, 6) is 0.115. The topological polar surface area (TPSA) is 94.7 Å². The molecule has 142 valence electrons. The van der Waals surface area contributed by atoms with Crippen LogP contribution in [0.25, 0.3) is 16.0 Å². The van der Waals surface area contributed by atoms with Gasteiger partial charge in [0, 0.05) is 11.8 Å². The molecule has 1 N–H and O–H groups in total. The fourth-order valence-corrected chi connectivity index (χ4v) is 3.78. The lowest BCUT2D eigenvalue weighted by molar-refractivity contribution is -0.119. The van der Waals surface area contributed by atoms with Crippen molar-refractivity contribution >= 4 is 32.6 Å². The van der Waals surface area contributed by atoms with Gasteiger partial charge in [0.2, 0.25) is 0 Å². The van der Waals surface area contributed by atoms with E-state index >= 15 is 0 Å². The first-order chi connectivity index (χ1) is 13.4. The van der Waals surface area contributed by atoms with Crippen molar-refractivity contribution in [1.29, 1.82) is 0 Å². The van der Waals surface area contributed by atoms with E-state index in [4.69, 9.17) is 0 Å². The zero-order chi connectivity index (χ0) is 19.8. The van der Waals surface area contributed by atoms with Crippen molar-refractivity contribution in [3.63, 3.8) is 0 Å². The van der Waals surface area contributed by atoms with Crippen molar-refractivity contribution in [2.75, 3.05) is 5.32 Å². The van der Waals surface area contributed by atoms with Crippen molar-refractivity contribution in [1.82, 2.24) is 24.5 Å². The number of amides is 1. The lowest BCUT2D eigenvalue weighted by atomic mass is 10.3. The first-order valence-corrected chi connectivity index (χ1v) is 9.54. The molecular weight excluding hydrogens is 376 g/mol. The first kappa shape index (κ1) is 18.1. The SMILES string of the molecule is Cc1cc(C)n(-c2ccc(=O)n(C(C)C(=O)Nc3nc4ccccc4s3)n2)n1. The van der Waals surface area contributed by atoms with Gasteiger partial charge in [-0.3, -0.25) is 9.59 Å². The molecule has 0 bridgehead atoms. The Bertz CT molecular complexity index is 1210. The van der Waals surface area contributed by atoms with Crippen LogP contribution in [0.4, 0.5) is 5.13 Å². The number of nitrogens with one attached hydrogen (secondary N) is 1. The van der Waals surface area contributed by atoms with Gasteiger partial charge in [0.15, 0.2) is 10.9 Å². The molecule has 3 aromatic heterocycles. The number of aromatic nitrogens is 5. The van der Waals surface area contributed by atoms with E-state index in [1.165, 1.54) is 17.4 Å². The number of aryl methyl sites for hydroxylation is 2. The summed E-state index contributed by atoms with van der Waals surface area (Å²) in [5, 5.41) is 12.0. The zero-order valence-electron chi connectivity index (χ0n) is 15.6. The first-order valence-electron chi connectivity index (χ1n) is 8.72. The molecule has 0 spiro atoms. The summed E-state index contributed by atoms with van der Waals surface area (Å²) in [6, 6.07) is 11.7.